The molecule has 8 heteroatoms. The number of rotatable bonds is 3. The number of hydrogen-bond donors (Lipinski definition) is 0. The fraction of sp³-hybridized carbons (Fsp3) is 0.444. The van der Waals surface area contributed by atoms with Crippen LogP contribution >= 0.6 is 15.9 Å². The second-order valence-electron chi connectivity index (χ2n) is 6.10. The van der Waals surface area contributed by atoms with Crippen molar-refractivity contribution < 1.29 is 23.5 Å². The average molecular weight is 425 g/mol. The van der Waals surface area contributed by atoms with Crippen molar-refractivity contribution in [1.82, 2.24) is 4.90 Å². The molecule has 0 fully saturated rings. The second-order valence-corrected chi connectivity index (χ2v) is 6.89. The number of allylic oxidation sites excluding steroid dienone is 2. The molecule has 2 aliphatic carbocycles. The van der Waals surface area contributed by atoms with E-state index in [1.807, 2.05) is 0 Å². The molecule has 0 bridgehead atoms. The molecule has 0 saturated carbocycles. The minimum atomic E-state index is -1.80. The Morgan fingerprint density at radius 3 is 2.38 bits per heavy atom. The van der Waals surface area contributed by atoms with Crippen LogP contribution in [0.25, 0.3) is 0 Å². The Labute approximate surface area is 158 Å². The Bertz CT molecular complexity index is 797. The molecule has 1 unspecified atom stereocenters. The van der Waals surface area contributed by atoms with E-state index < -0.39 is 24.0 Å². The van der Waals surface area contributed by atoms with Crippen LogP contribution in [0.1, 0.15) is 32.6 Å². The molecule has 0 aromatic heterocycles. The van der Waals surface area contributed by atoms with Crippen molar-refractivity contribution in [2.75, 3.05) is 13.7 Å². The number of carbonyl (C=O) groups excluding carboxylic acids is 3. The van der Waals surface area contributed by atoms with E-state index in [9.17, 15) is 14.4 Å². The van der Waals surface area contributed by atoms with Crippen molar-refractivity contribution in [2.24, 2.45) is 4.99 Å². The van der Waals surface area contributed by atoms with Gasteiger partial charge in [-0.3, -0.25) is 14.6 Å². The van der Waals surface area contributed by atoms with Crippen LogP contribution in [0.4, 0.5) is 4.39 Å². The van der Waals surface area contributed by atoms with Gasteiger partial charge in [0.1, 0.15) is 0 Å². The van der Waals surface area contributed by atoms with E-state index in [1.165, 1.54) is 13.1 Å². The summed E-state index contributed by atoms with van der Waals surface area (Å²) in [7, 11) is 1.38. The maximum atomic E-state index is 15.1. The molecule has 26 heavy (non-hydrogen) atoms. The van der Waals surface area contributed by atoms with Crippen LogP contribution in [-0.2, 0) is 19.1 Å². The van der Waals surface area contributed by atoms with Crippen molar-refractivity contribution >= 4 is 39.4 Å². The minimum absolute atomic E-state index is 0.0295. The van der Waals surface area contributed by atoms with Gasteiger partial charge in [0.2, 0.25) is 0 Å². The van der Waals surface area contributed by atoms with E-state index in [4.69, 9.17) is 4.74 Å². The summed E-state index contributed by atoms with van der Waals surface area (Å²) in [6.07, 6.45) is 2.08. The van der Waals surface area contributed by atoms with Gasteiger partial charge >= 0.3 is 5.97 Å². The molecule has 3 aliphatic rings. The van der Waals surface area contributed by atoms with Gasteiger partial charge in [-0.2, -0.15) is 0 Å². The van der Waals surface area contributed by atoms with Gasteiger partial charge in [0.25, 0.3) is 11.8 Å². The number of carbonyl (C=O) groups is 3. The first kappa shape index (κ1) is 18.7. The number of hydrogen-bond acceptors (Lipinski definition) is 5. The van der Waals surface area contributed by atoms with Gasteiger partial charge in [-0.25, -0.2) is 14.1 Å². The van der Waals surface area contributed by atoms with Crippen molar-refractivity contribution in [3.63, 3.8) is 0 Å². The van der Waals surface area contributed by atoms with E-state index in [0.29, 0.717) is 24.0 Å². The van der Waals surface area contributed by atoms with Gasteiger partial charge in [0, 0.05) is 18.2 Å². The van der Waals surface area contributed by atoms with E-state index in [1.54, 1.807) is 6.92 Å². The molecule has 1 aliphatic heterocycles. The molecule has 0 N–H and O–H groups in total. The molecule has 0 aromatic rings. The zero-order valence-electron chi connectivity index (χ0n) is 14.5. The Kier molecular flexibility index (Phi) is 5.22. The molecule has 0 radical (unpaired) electrons. The number of nitrogens with zero attached hydrogens (tertiary/aromatic N) is 2. The average Bonchev–Trinajstić information content (AvgIpc) is 2.88. The fourth-order valence-electron chi connectivity index (χ4n) is 3.39. The largest absolute Gasteiger partial charge is 0.462 e. The lowest BCUT2D eigenvalue weighted by Gasteiger charge is -2.27. The number of imide groups is 1. The second kappa shape index (κ2) is 7.26. The van der Waals surface area contributed by atoms with Crippen LogP contribution in [0, 0.1) is 0 Å². The van der Waals surface area contributed by atoms with Gasteiger partial charge in [0.15, 0.2) is 6.17 Å². The van der Waals surface area contributed by atoms with E-state index in [-0.39, 0.29) is 28.1 Å². The molecule has 2 amide bonds. The summed E-state index contributed by atoms with van der Waals surface area (Å²) in [6.45, 7) is 1.79. The minimum Gasteiger partial charge on any atom is -0.462 e. The highest BCUT2D eigenvalue weighted by atomic mass is 79.9. The highest BCUT2D eigenvalue weighted by molar-refractivity contribution is 9.12. The zero-order valence-corrected chi connectivity index (χ0v) is 16.1. The Morgan fingerprint density at radius 1 is 1.31 bits per heavy atom. The lowest BCUT2D eigenvalue weighted by Crippen LogP contribution is -2.40. The SMILES string of the molecule is CCOC(=O)C1=C(Br)C(=NC)C(F)C(N2C(=O)C3=C(CCCC3)C2=O)=C1. The van der Waals surface area contributed by atoms with Gasteiger partial charge in [-0.1, -0.05) is 0 Å². The van der Waals surface area contributed by atoms with Crippen LogP contribution in [0.3, 0.4) is 0 Å². The Hall–Kier alpha value is -2.09. The molecular weight excluding hydrogens is 407 g/mol. The summed E-state index contributed by atoms with van der Waals surface area (Å²) in [5.41, 5.74) is 0.686. The smallest absolute Gasteiger partial charge is 0.339 e. The van der Waals surface area contributed by atoms with Gasteiger partial charge in [-0.05, 0) is 54.6 Å². The third-order valence-corrected chi connectivity index (χ3v) is 5.47. The van der Waals surface area contributed by atoms with Crippen LogP contribution in [0.15, 0.2) is 38.0 Å². The summed E-state index contributed by atoms with van der Waals surface area (Å²) in [6, 6.07) is 0. The van der Waals surface area contributed by atoms with Crippen LogP contribution in [-0.4, -0.2) is 48.2 Å². The third-order valence-electron chi connectivity index (χ3n) is 4.64. The lowest BCUT2D eigenvalue weighted by atomic mass is 9.93. The molecule has 0 aromatic carbocycles. The monoisotopic (exact) mass is 424 g/mol. The number of alkyl halides is 1. The third kappa shape index (κ3) is 2.86. The number of aliphatic imine (C=N–C) groups is 1. The van der Waals surface area contributed by atoms with Gasteiger partial charge < -0.3 is 4.74 Å². The molecule has 138 valence electrons. The molecular formula is C18H18BrFN2O4. The molecule has 0 spiro atoms. The summed E-state index contributed by atoms with van der Waals surface area (Å²) < 4.78 is 20.2. The quantitative estimate of drug-likeness (QED) is 0.515. The van der Waals surface area contributed by atoms with Gasteiger partial charge in [0.05, 0.1) is 28.1 Å². The Balaban J connectivity index is 2.06. The molecule has 3 rings (SSSR count). The first-order valence-electron chi connectivity index (χ1n) is 8.42. The number of halogens is 2. The van der Waals surface area contributed by atoms with Crippen molar-refractivity contribution in [3.05, 3.63) is 33.0 Å². The predicted molar refractivity (Wildman–Crippen MR) is 96.3 cm³/mol. The van der Waals surface area contributed by atoms with E-state index in [0.717, 1.165) is 17.7 Å². The number of ether oxygens (including phenoxy) is 1. The number of esters is 1. The van der Waals surface area contributed by atoms with Crippen molar-refractivity contribution in [2.45, 2.75) is 38.8 Å². The standard InChI is InChI=1S/C18H18BrFN2O4/c1-3-26-18(25)11-8-12(14(20)15(21-2)13(11)19)22-16(23)9-6-4-5-7-10(9)17(22)24/h8,14H,3-7H2,1-2H3. The van der Waals surface area contributed by atoms with Crippen molar-refractivity contribution in [3.8, 4) is 0 Å². The first-order chi connectivity index (χ1) is 12.4. The summed E-state index contributed by atoms with van der Waals surface area (Å²) in [5, 5.41) is 0. The maximum Gasteiger partial charge on any atom is 0.339 e. The maximum absolute atomic E-state index is 15.1. The molecule has 6 nitrogen and oxygen atoms in total. The summed E-state index contributed by atoms with van der Waals surface area (Å²) in [5.74, 6) is -1.69. The summed E-state index contributed by atoms with van der Waals surface area (Å²) >= 11 is 3.18. The lowest BCUT2D eigenvalue weighted by molar-refractivity contribution is -0.139. The van der Waals surface area contributed by atoms with E-state index >= 15 is 4.39 Å². The Morgan fingerprint density at radius 2 is 1.88 bits per heavy atom. The molecule has 1 atom stereocenters. The fourth-order valence-corrected chi connectivity index (χ4v) is 4.05. The normalized spacial score (nSPS) is 25.1. The first-order valence-corrected chi connectivity index (χ1v) is 9.22. The highest BCUT2D eigenvalue weighted by Crippen LogP contribution is 2.39. The topological polar surface area (TPSA) is 76.0 Å². The predicted octanol–water partition coefficient (Wildman–Crippen LogP) is 2.74. The summed E-state index contributed by atoms with van der Waals surface area (Å²) in [4.78, 5) is 42.4. The van der Waals surface area contributed by atoms with E-state index in [2.05, 4.69) is 20.9 Å². The van der Waals surface area contributed by atoms with Crippen LogP contribution < -0.4 is 0 Å². The molecule has 0 saturated heterocycles. The van der Waals surface area contributed by atoms with Gasteiger partial charge in [-0.15, -0.1) is 0 Å². The highest BCUT2D eigenvalue weighted by Gasteiger charge is 2.45. The van der Waals surface area contributed by atoms with Crippen LogP contribution in [0.5, 0.6) is 0 Å². The van der Waals surface area contributed by atoms with Crippen molar-refractivity contribution in [1.29, 1.82) is 0 Å². The number of amides is 2. The molecule has 1 heterocycles. The van der Waals surface area contributed by atoms with Crippen LogP contribution in [0.2, 0.25) is 0 Å². The zero-order chi connectivity index (χ0) is 19.0.